The van der Waals surface area contributed by atoms with E-state index in [4.69, 9.17) is 4.74 Å². The molecule has 1 aromatic heterocycles. The predicted molar refractivity (Wildman–Crippen MR) is 118 cm³/mol. The molecule has 0 saturated carbocycles. The quantitative estimate of drug-likeness (QED) is 0.493. The number of aromatic nitrogens is 1. The molecule has 0 atom stereocenters. The van der Waals surface area contributed by atoms with E-state index < -0.39 is 39.1 Å². The first-order valence-electron chi connectivity index (χ1n) is 9.18. The summed E-state index contributed by atoms with van der Waals surface area (Å²) in [6.45, 7) is 1.95. The van der Waals surface area contributed by atoms with E-state index in [1.807, 2.05) is 0 Å². The van der Waals surface area contributed by atoms with Crippen LogP contribution in [0.15, 0.2) is 48.5 Å². The van der Waals surface area contributed by atoms with Crippen molar-refractivity contribution in [2.24, 2.45) is 0 Å². The Balaban J connectivity index is 1.60. The number of rotatable bonds is 8. The molecule has 0 fully saturated rings. The fraction of sp³-hybridized carbons (Fsp3) is 0.200. The van der Waals surface area contributed by atoms with Crippen molar-refractivity contribution in [2.45, 2.75) is 6.92 Å². The Kier molecular flexibility index (Phi) is 6.98. The minimum atomic E-state index is -3.98. The first-order valence-corrected chi connectivity index (χ1v) is 11.8. The Bertz CT molecular complexity index is 1220. The normalized spacial score (nSPS) is 11.1. The van der Waals surface area contributed by atoms with Gasteiger partial charge < -0.3 is 15.4 Å². The maximum absolute atomic E-state index is 12.2. The SMILES string of the molecule is CCOC(=O)c1ccc2nc(NC(=O)CS(=O)(=O)CC(=O)Nc3ccccc3)sc2c1. The van der Waals surface area contributed by atoms with Gasteiger partial charge >= 0.3 is 5.97 Å². The van der Waals surface area contributed by atoms with Gasteiger partial charge in [0.1, 0.15) is 11.5 Å². The number of nitrogens with zero attached hydrogens (tertiary/aromatic N) is 1. The number of nitrogens with one attached hydrogen (secondary N) is 2. The van der Waals surface area contributed by atoms with Crippen LogP contribution >= 0.6 is 11.3 Å². The van der Waals surface area contributed by atoms with Gasteiger partial charge in [-0.1, -0.05) is 29.5 Å². The Hall–Kier alpha value is -3.31. The molecular weight excluding hydrogens is 442 g/mol. The molecule has 0 radical (unpaired) electrons. The predicted octanol–water partition coefficient (Wildman–Crippen LogP) is 2.46. The summed E-state index contributed by atoms with van der Waals surface area (Å²) in [5.74, 6) is -3.69. The summed E-state index contributed by atoms with van der Waals surface area (Å²) >= 11 is 1.09. The monoisotopic (exact) mass is 461 g/mol. The van der Waals surface area contributed by atoms with Gasteiger partial charge in [-0.2, -0.15) is 0 Å². The number of ether oxygens (including phenoxy) is 1. The molecule has 11 heteroatoms. The molecular formula is C20H19N3O6S2. The number of fused-ring (bicyclic) bond motifs is 1. The summed E-state index contributed by atoms with van der Waals surface area (Å²) < 4.78 is 30.0. The average molecular weight is 462 g/mol. The minimum absolute atomic E-state index is 0.185. The van der Waals surface area contributed by atoms with Crippen molar-refractivity contribution >= 4 is 60.0 Å². The number of amides is 2. The van der Waals surface area contributed by atoms with Crippen LogP contribution in [-0.4, -0.2) is 49.3 Å². The lowest BCUT2D eigenvalue weighted by molar-refractivity contribution is -0.114. The topological polar surface area (TPSA) is 132 Å². The molecule has 0 aliphatic heterocycles. The van der Waals surface area contributed by atoms with E-state index in [2.05, 4.69) is 15.6 Å². The van der Waals surface area contributed by atoms with Gasteiger partial charge in [0, 0.05) is 5.69 Å². The second-order valence-corrected chi connectivity index (χ2v) is 9.51. The van der Waals surface area contributed by atoms with Crippen molar-refractivity contribution in [3.63, 3.8) is 0 Å². The Morgan fingerprint density at radius 1 is 1.00 bits per heavy atom. The van der Waals surface area contributed by atoms with Crippen molar-refractivity contribution < 1.29 is 27.5 Å². The Morgan fingerprint density at radius 2 is 1.68 bits per heavy atom. The molecule has 0 unspecified atom stereocenters. The number of para-hydroxylation sites is 1. The largest absolute Gasteiger partial charge is 0.462 e. The molecule has 0 spiro atoms. The maximum Gasteiger partial charge on any atom is 0.338 e. The summed E-state index contributed by atoms with van der Waals surface area (Å²) in [6, 6.07) is 13.2. The van der Waals surface area contributed by atoms with Crippen LogP contribution in [-0.2, 0) is 24.2 Å². The van der Waals surface area contributed by atoms with Crippen LogP contribution in [0.1, 0.15) is 17.3 Å². The van der Waals surface area contributed by atoms with E-state index in [1.165, 1.54) is 0 Å². The second kappa shape index (κ2) is 9.67. The summed E-state index contributed by atoms with van der Waals surface area (Å²) in [6.07, 6.45) is 0. The van der Waals surface area contributed by atoms with Crippen molar-refractivity contribution in [2.75, 3.05) is 28.7 Å². The highest BCUT2D eigenvalue weighted by molar-refractivity contribution is 7.92. The summed E-state index contributed by atoms with van der Waals surface area (Å²) in [7, 11) is -3.98. The molecule has 2 N–H and O–H groups in total. The highest BCUT2D eigenvalue weighted by Gasteiger charge is 2.22. The molecule has 0 aliphatic carbocycles. The highest BCUT2D eigenvalue weighted by atomic mass is 32.2. The number of carbonyl (C=O) groups excluding carboxylic acids is 3. The van der Waals surface area contributed by atoms with E-state index in [-0.39, 0.29) is 11.7 Å². The zero-order chi connectivity index (χ0) is 22.4. The number of benzene rings is 2. The van der Waals surface area contributed by atoms with Crippen LogP contribution in [0, 0.1) is 0 Å². The Labute approximate surface area is 182 Å². The van der Waals surface area contributed by atoms with Crippen molar-refractivity contribution in [3.8, 4) is 0 Å². The summed E-state index contributed by atoms with van der Waals surface area (Å²) in [5.41, 5.74) is 1.35. The summed E-state index contributed by atoms with van der Waals surface area (Å²) in [4.78, 5) is 40.2. The first-order chi connectivity index (χ1) is 14.8. The number of hydrogen-bond donors (Lipinski definition) is 2. The molecule has 3 aromatic rings. The van der Waals surface area contributed by atoms with E-state index in [9.17, 15) is 22.8 Å². The highest BCUT2D eigenvalue weighted by Crippen LogP contribution is 2.27. The minimum Gasteiger partial charge on any atom is -0.462 e. The maximum atomic E-state index is 12.2. The molecule has 0 saturated heterocycles. The van der Waals surface area contributed by atoms with Crippen molar-refractivity contribution in [1.29, 1.82) is 0 Å². The molecule has 9 nitrogen and oxygen atoms in total. The fourth-order valence-corrected chi connectivity index (χ4v) is 4.61. The lowest BCUT2D eigenvalue weighted by Crippen LogP contribution is -2.30. The average Bonchev–Trinajstić information content (AvgIpc) is 3.08. The molecule has 0 bridgehead atoms. The van der Waals surface area contributed by atoms with Crippen LogP contribution in [0.2, 0.25) is 0 Å². The second-order valence-electron chi connectivity index (χ2n) is 6.42. The number of thiazole rings is 1. The summed E-state index contributed by atoms with van der Waals surface area (Å²) in [5, 5.41) is 5.08. The lowest BCUT2D eigenvalue weighted by atomic mass is 10.2. The van der Waals surface area contributed by atoms with Crippen LogP contribution in [0.5, 0.6) is 0 Å². The van der Waals surface area contributed by atoms with E-state index in [1.54, 1.807) is 55.5 Å². The van der Waals surface area contributed by atoms with E-state index in [0.717, 1.165) is 11.3 Å². The van der Waals surface area contributed by atoms with Gasteiger partial charge in [0.05, 0.1) is 22.4 Å². The number of anilines is 2. The van der Waals surface area contributed by atoms with Gasteiger partial charge in [-0.05, 0) is 37.3 Å². The van der Waals surface area contributed by atoms with Gasteiger partial charge in [-0.25, -0.2) is 18.2 Å². The number of esters is 1. The van der Waals surface area contributed by atoms with Crippen molar-refractivity contribution in [1.82, 2.24) is 4.98 Å². The van der Waals surface area contributed by atoms with Crippen LogP contribution < -0.4 is 10.6 Å². The molecule has 2 amide bonds. The fourth-order valence-electron chi connectivity index (χ4n) is 2.64. The smallest absolute Gasteiger partial charge is 0.338 e. The molecule has 2 aromatic carbocycles. The molecule has 0 aliphatic rings. The van der Waals surface area contributed by atoms with E-state index in [0.29, 0.717) is 21.5 Å². The van der Waals surface area contributed by atoms with Gasteiger partial charge in [0.25, 0.3) is 0 Å². The zero-order valence-electron chi connectivity index (χ0n) is 16.5. The first kappa shape index (κ1) is 22.4. The van der Waals surface area contributed by atoms with Gasteiger partial charge in [0.2, 0.25) is 11.8 Å². The standard InChI is InChI=1S/C20H19N3O6S2/c1-2-29-19(26)13-8-9-15-16(10-13)30-20(22-15)23-18(25)12-31(27,28)11-17(24)21-14-6-4-3-5-7-14/h3-10H,2,11-12H2,1H3,(H,21,24)(H,22,23,25). The third-order valence-corrected chi connectivity index (χ3v) is 6.24. The Morgan fingerprint density at radius 3 is 2.35 bits per heavy atom. The van der Waals surface area contributed by atoms with Crippen LogP contribution in [0.4, 0.5) is 10.8 Å². The number of hydrogen-bond acceptors (Lipinski definition) is 8. The van der Waals surface area contributed by atoms with Crippen LogP contribution in [0.3, 0.4) is 0 Å². The molecule has 1 heterocycles. The van der Waals surface area contributed by atoms with Gasteiger partial charge in [-0.3, -0.25) is 9.59 Å². The van der Waals surface area contributed by atoms with Crippen LogP contribution in [0.25, 0.3) is 10.2 Å². The third-order valence-electron chi connectivity index (χ3n) is 3.91. The van der Waals surface area contributed by atoms with Crippen molar-refractivity contribution in [3.05, 3.63) is 54.1 Å². The van der Waals surface area contributed by atoms with Gasteiger partial charge in [0.15, 0.2) is 15.0 Å². The number of sulfone groups is 1. The molecule has 31 heavy (non-hydrogen) atoms. The number of carbonyl (C=O) groups is 3. The third kappa shape index (κ3) is 6.33. The zero-order valence-corrected chi connectivity index (χ0v) is 18.1. The lowest BCUT2D eigenvalue weighted by Gasteiger charge is -2.06. The van der Waals surface area contributed by atoms with E-state index >= 15 is 0 Å². The molecule has 3 rings (SSSR count). The molecule has 162 valence electrons. The van der Waals surface area contributed by atoms with Gasteiger partial charge in [-0.15, -0.1) is 0 Å².